The van der Waals surface area contributed by atoms with Crippen LogP contribution < -0.4 is 21.1 Å². The van der Waals surface area contributed by atoms with Crippen LogP contribution in [-0.4, -0.2) is 117 Å². The zero-order valence-electron chi connectivity index (χ0n) is 25.4. The van der Waals surface area contributed by atoms with Crippen LogP contribution in [0.2, 0.25) is 0 Å². The molecule has 2 fully saturated rings. The highest BCUT2D eigenvalue weighted by Gasteiger charge is 2.38. The van der Waals surface area contributed by atoms with Crippen molar-refractivity contribution in [3.05, 3.63) is 41.2 Å². The molecular weight excluding hydrogens is 596 g/mol. The molecule has 0 radical (unpaired) electrons. The van der Waals surface area contributed by atoms with Gasteiger partial charge in [0.05, 0.1) is 42.3 Å². The lowest BCUT2D eigenvalue weighted by Gasteiger charge is -2.45. The van der Waals surface area contributed by atoms with Crippen LogP contribution in [0.3, 0.4) is 0 Å². The van der Waals surface area contributed by atoms with Gasteiger partial charge in [-0.1, -0.05) is 0 Å². The Morgan fingerprint density at radius 1 is 1.11 bits per heavy atom. The molecule has 12 nitrogen and oxygen atoms in total. The first-order chi connectivity index (χ1) is 21.1. The van der Waals surface area contributed by atoms with Crippen molar-refractivity contribution >= 4 is 27.5 Å². The number of amides is 2. The number of nitrogens with one attached hydrogen (secondary N) is 2. The van der Waals surface area contributed by atoms with E-state index in [4.69, 9.17) is 10.5 Å². The van der Waals surface area contributed by atoms with E-state index in [9.17, 15) is 26.8 Å². The van der Waals surface area contributed by atoms with E-state index in [0.29, 0.717) is 44.7 Å². The molecule has 2 saturated heterocycles. The van der Waals surface area contributed by atoms with Crippen molar-refractivity contribution in [1.82, 2.24) is 24.0 Å². The third-order valence-corrected chi connectivity index (χ3v) is 9.91. The lowest BCUT2D eigenvalue weighted by Crippen LogP contribution is -2.63. The van der Waals surface area contributed by atoms with E-state index < -0.39 is 34.7 Å². The average Bonchev–Trinajstić information content (AvgIpc) is 3.33. The second-order valence-electron chi connectivity index (χ2n) is 10.9. The van der Waals surface area contributed by atoms with Crippen molar-refractivity contribution < 1.29 is 31.5 Å². The largest absolute Gasteiger partial charge is 0.493 e. The summed E-state index contributed by atoms with van der Waals surface area (Å²) in [6.45, 7) is 5.59. The molecule has 1 aromatic heterocycles. The molecule has 3 heterocycles. The number of nitrogens with two attached hydrogens (primary N) is 1. The fraction of sp³-hybridized carbons (Fsp3) is 0.586. The highest BCUT2D eigenvalue weighted by atomic mass is 32.2. The number of carbonyl (C=O) groups excluding carboxylic acids is 2. The summed E-state index contributed by atoms with van der Waals surface area (Å²) in [5.41, 5.74) is 6.29. The van der Waals surface area contributed by atoms with Crippen LogP contribution in [0.25, 0.3) is 0 Å². The number of halogens is 2. The molecule has 2 aliphatic heterocycles. The number of primary amides is 1. The van der Waals surface area contributed by atoms with E-state index in [0.717, 1.165) is 13.1 Å². The second kappa shape index (κ2) is 15.3. The summed E-state index contributed by atoms with van der Waals surface area (Å²) in [5, 5.41) is 6.02. The molecular formula is C29H43F2N7O5S. The number of anilines is 1. The van der Waals surface area contributed by atoms with Crippen LogP contribution >= 0.6 is 0 Å². The molecule has 4 N–H and O–H groups in total. The topological polar surface area (TPSA) is 142 Å². The fourth-order valence-corrected chi connectivity index (χ4v) is 7.49. The predicted molar refractivity (Wildman–Crippen MR) is 163 cm³/mol. The van der Waals surface area contributed by atoms with Gasteiger partial charge in [0.15, 0.2) is 0 Å². The molecule has 1 unspecified atom stereocenters. The number of piperazine rings is 2. The van der Waals surface area contributed by atoms with Crippen molar-refractivity contribution in [3.8, 4) is 5.75 Å². The first-order valence-corrected chi connectivity index (χ1v) is 16.4. The van der Waals surface area contributed by atoms with Crippen LogP contribution in [-0.2, 0) is 23.5 Å². The Hall–Kier alpha value is -3.11. The number of alkyl halides is 2. The Morgan fingerprint density at radius 3 is 2.50 bits per heavy atom. The monoisotopic (exact) mass is 639 g/mol. The second-order valence-corrected chi connectivity index (χ2v) is 12.8. The summed E-state index contributed by atoms with van der Waals surface area (Å²) in [5.74, 6) is -1.29. The van der Waals surface area contributed by atoms with Crippen molar-refractivity contribution in [3.63, 3.8) is 0 Å². The predicted octanol–water partition coefficient (Wildman–Crippen LogP) is 1.57. The highest BCUT2D eigenvalue weighted by molar-refractivity contribution is 7.89. The minimum absolute atomic E-state index is 0.0307. The number of benzene rings is 1. The summed E-state index contributed by atoms with van der Waals surface area (Å²) < 4.78 is 62.5. The number of rotatable bonds is 14. The average molecular weight is 640 g/mol. The van der Waals surface area contributed by atoms with Gasteiger partial charge in [-0.2, -0.15) is 4.31 Å². The van der Waals surface area contributed by atoms with Crippen molar-refractivity contribution in [2.24, 2.45) is 12.8 Å². The molecule has 1 atom stereocenters. The lowest BCUT2D eigenvalue weighted by atomic mass is 10.1. The molecule has 44 heavy (non-hydrogen) atoms. The molecule has 1 aromatic carbocycles. The number of hydrogen-bond donors (Lipinski definition) is 3. The summed E-state index contributed by atoms with van der Waals surface area (Å²) in [4.78, 5) is 30.2. The van der Waals surface area contributed by atoms with Gasteiger partial charge in [-0.15, -0.1) is 0 Å². The van der Waals surface area contributed by atoms with E-state index in [1.165, 1.54) is 27.1 Å². The van der Waals surface area contributed by atoms with Crippen LogP contribution in [0.5, 0.6) is 5.75 Å². The molecule has 0 spiro atoms. The Bertz CT molecular complexity index is 1410. The van der Waals surface area contributed by atoms with E-state index in [1.807, 2.05) is 0 Å². The summed E-state index contributed by atoms with van der Waals surface area (Å²) in [6.07, 6.45) is 2.10. The summed E-state index contributed by atoms with van der Waals surface area (Å²) in [6, 6.07) is 4.17. The number of aryl methyl sites for hydroxylation is 2. The van der Waals surface area contributed by atoms with Crippen molar-refractivity contribution in [1.29, 1.82) is 0 Å². The maximum absolute atomic E-state index is 14.1. The first kappa shape index (κ1) is 33.8. The Balaban J connectivity index is 1.63. The van der Waals surface area contributed by atoms with Crippen LogP contribution in [0.1, 0.15) is 46.2 Å². The maximum Gasteiger partial charge on any atom is 0.267 e. The van der Waals surface area contributed by atoms with Gasteiger partial charge in [-0.25, -0.2) is 8.42 Å². The first-order valence-electron chi connectivity index (χ1n) is 15.0. The summed E-state index contributed by atoms with van der Waals surface area (Å²) >= 11 is 0. The Morgan fingerprint density at radius 2 is 1.84 bits per heavy atom. The molecule has 2 aliphatic rings. The SMILES string of the molecule is CCOc1ccc(S(=O)(=O)N2CCNCC2N2CCN(CCCF)CC2)cc1C(=O)Nc1c(CCCF)cn(C)c1C(N)=O. The Kier molecular flexibility index (Phi) is 11.7. The van der Waals surface area contributed by atoms with Crippen LogP contribution in [0.4, 0.5) is 14.5 Å². The third-order valence-electron chi connectivity index (χ3n) is 8.02. The van der Waals surface area contributed by atoms with Gasteiger partial charge in [-0.05, 0) is 49.9 Å². The molecule has 0 bridgehead atoms. The maximum atomic E-state index is 14.1. The van der Waals surface area contributed by atoms with Gasteiger partial charge >= 0.3 is 0 Å². The third kappa shape index (κ3) is 7.57. The molecule has 244 valence electrons. The lowest BCUT2D eigenvalue weighted by molar-refractivity contribution is 0.0337. The number of carbonyl (C=O) groups is 2. The number of sulfonamides is 1. The minimum atomic E-state index is -4.05. The van der Waals surface area contributed by atoms with Crippen LogP contribution in [0.15, 0.2) is 29.3 Å². The molecule has 0 saturated carbocycles. The van der Waals surface area contributed by atoms with E-state index >= 15 is 0 Å². The normalized spacial score (nSPS) is 18.8. The van der Waals surface area contributed by atoms with Gasteiger partial charge in [0.2, 0.25) is 10.0 Å². The Labute approximate surface area is 257 Å². The van der Waals surface area contributed by atoms with Crippen LogP contribution in [0, 0.1) is 0 Å². The molecule has 0 aliphatic carbocycles. The van der Waals surface area contributed by atoms with E-state index in [-0.39, 0.29) is 60.3 Å². The standard InChI is InChI=1S/C29H43F2N7O5S/c1-3-43-24-8-7-22(18-23(24)29(40)34-26-21(6-4-9-30)20-35(2)27(26)28(32)39)44(41,42)38-13-11-33-19-25(38)37-16-14-36(15-17-37)12-5-10-31/h7-8,18,20,25,33H,3-6,9-17,19H2,1-2H3,(H2,32,39)(H,34,40). The van der Waals surface area contributed by atoms with E-state index in [2.05, 4.69) is 20.4 Å². The zero-order valence-corrected chi connectivity index (χ0v) is 26.2. The summed E-state index contributed by atoms with van der Waals surface area (Å²) in [7, 11) is -2.45. The number of ether oxygens (including phenoxy) is 1. The van der Waals surface area contributed by atoms with Gasteiger partial charge < -0.3 is 30.6 Å². The van der Waals surface area contributed by atoms with Gasteiger partial charge in [-0.3, -0.25) is 23.3 Å². The van der Waals surface area contributed by atoms with Crippen molar-refractivity contribution in [2.75, 3.05) is 77.6 Å². The zero-order chi connectivity index (χ0) is 31.9. The minimum Gasteiger partial charge on any atom is -0.493 e. The molecule has 2 amide bonds. The van der Waals surface area contributed by atoms with Gasteiger partial charge in [0.25, 0.3) is 11.8 Å². The number of hydrogen-bond acceptors (Lipinski definition) is 8. The van der Waals surface area contributed by atoms with Gasteiger partial charge in [0.1, 0.15) is 11.4 Å². The van der Waals surface area contributed by atoms with E-state index in [1.54, 1.807) is 20.2 Å². The van der Waals surface area contributed by atoms with Crippen molar-refractivity contribution in [2.45, 2.75) is 37.2 Å². The van der Waals surface area contributed by atoms with Gasteiger partial charge in [0, 0.05) is 65.6 Å². The molecule has 4 rings (SSSR count). The smallest absolute Gasteiger partial charge is 0.267 e. The molecule has 2 aromatic rings. The number of nitrogens with zero attached hydrogens (tertiary/aromatic N) is 4. The number of aromatic nitrogens is 1. The molecule has 15 heteroatoms. The highest BCUT2D eigenvalue weighted by Crippen LogP contribution is 2.30. The fourth-order valence-electron chi connectivity index (χ4n) is 5.85. The quantitative estimate of drug-likeness (QED) is 0.283.